The lowest BCUT2D eigenvalue weighted by Gasteiger charge is -2.24. The number of carbonyl (C=O) groups is 1. The molecular weight excluding hydrogens is 398 g/mol. The van der Waals surface area contributed by atoms with E-state index in [9.17, 15) is 9.59 Å². The Morgan fingerprint density at radius 2 is 1.97 bits per heavy atom. The van der Waals surface area contributed by atoms with E-state index < -0.39 is 12.0 Å². The first-order chi connectivity index (χ1) is 14.5. The number of aryl methyl sites for hydroxylation is 1. The smallest absolute Gasteiger partial charge is 0.338 e. The van der Waals surface area contributed by atoms with Crippen molar-refractivity contribution in [3.8, 4) is 0 Å². The van der Waals surface area contributed by atoms with Crippen molar-refractivity contribution < 1.29 is 9.53 Å². The van der Waals surface area contributed by atoms with Crippen molar-refractivity contribution in [2.24, 2.45) is 4.99 Å². The van der Waals surface area contributed by atoms with Gasteiger partial charge in [-0.3, -0.25) is 14.3 Å². The van der Waals surface area contributed by atoms with Gasteiger partial charge in [0.2, 0.25) is 0 Å². The van der Waals surface area contributed by atoms with Crippen molar-refractivity contribution in [1.82, 2.24) is 9.55 Å². The second kappa shape index (κ2) is 8.20. The number of ether oxygens (including phenoxy) is 1. The first kappa shape index (κ1) is 20.0. The van der Waals surface area contributed by atoms with Crippen molar-refractivity contribution in [3.05, 3.63) is 96.4 Å². The second-order valence-corrected chi connectivity index (χ2v) is 7.98. The highest BCUT2D eigenvalue weighted by Crippen LogP contribution is 2.30. The molecule has 0 saturated heterocycles. The van der Waals surface area contributed by atoms with Crippen LogP contribution >= 0.6 is 11.3 Å². The molecule has 7 heteroatoms. The van der Waals surface area contributed by atoms with Crippen molar-refractivity contribution in [1.29, 1.82) is 0 Å². The Morgan fingerprint density at radius 1 is 1.20 bits per heavy atom. The zero-order chi connectivity index (χ0) is 21.3. The van der Waals surface area contributed by atoms with Crippen LogP contribution in [0, 0.1) is 6.92 Å². The monoisotopic (exact) mass is 419 g/mol. The highest BCUT2D eigenvalue weighted by molar-refractivity contribution is 7.07. The molecule has 0 spiro atoms. The maximum absolute atomic E-state index is 13.4. The third kappa shape index (κ3) is 3.64. The minimum atomic E-state index is -0.591. The molecule has 1 atom stereocenters. The van der Waals surface area contributed by atoms with Crippen LogP contribution in [0.1, 0.15) is 36.7 Å². The summed E-state index contributed by atoms with van der Waals surface area (Å²) in [6, 6.07) is 12.8. The Labute approximate surface area is 177 Å². The number of nitrogens with zero attached hydrogens (tertiary/aromatic N) is 3. The Balaban J connectivity index is 1.96. The molecule has 2 aromatic heterocycles. The van der Waals surface area contributed by atoms with Gasteiger partial charge < -0.3 is 4.74 Å². The number of rotatable bonds is 4. The van der Waals surface area contributed by atoms with E-state index in [0.717, 1.165) is 11.1 Å². The highest BCUT2D eigenvalue weighted by Gasteiger charge is 2.33. The van der Waals surface area contributed by atoms with Gasteiger partial charge >= 0.3 is 5.97 Å². The van der Waals surface area contributed by atoms with E-state index in [1.54, 1.807) is 30.7 Å². The van der Waals surface area contributed by atoms with Crippen LogP contribution in [0.25, 0.3) is 6.08 Å². The first-order valence-corrected chi connectivity index (χ1v) is 10.5. The molecule has 0 amide bonds. The number of carbonyl (C=O) groups excluding carboxylic acids is 1. The molecule has 3 heterocycles. The maximum Gasteiger partial charge on any atom is 0.338 e. The van der Waals surface area contributed by atoms with Gasteiger partial charge in [0.1, 0.15) is 0 Å². The predicted molar refractivity (Wildman–Crippen MR) is 116 cm³/mol. The minimum absolute atomic E-state index is 0.204. The number of thiazole rings is 1. The molecule has 3 aromatic rings. The average molecular weight is 420 g/mol. The predicted octanol–water partition coefficient (Wildman–Crippen LogP) is 2.50. The summed E-state index contributed by atoms with van der Waals surface area (Å²) in [7, 11) is 0. The summed E-state index contributed by atoms with van der Waals surface area (Å²) in [6.07, 6.45) is 3.43. The molecule has 0 bridgehead atoms. The van der Waals surface area contributed by atoms with Gasteiger partial charge in [-0.2, -0.15) is 0 Å². The van der Waals surface area contributed by atoms with Gasteiger partial charge in [0.15, 0.2) is 4.80 Å². The van der Waals surface area contributed by atoms with Gasteiger partial charge in [-0.25, -0.2) is 9.79 Å². The fraction of sp³-hybridized carbons (Fsp3) is 0.217. The van der Waals surface area contributed by atoms with E-state index in [0.29, 0.717) is 26.3 Å². The van der Waals surface area contributed by atoms with Crippen LogP contribution in [-0.4, -0.2) is 22.1 Å². The average Bonchev–Trinajstić information content (AvgIpc) is 3.03. The van der Waals surface area contributed by atoms with Crippen molar-refractivity contribution in [3.63, 3.8) is 0 Å². The van der Waals surface area contributed by atoms with Crippen molar-refractivity contribution >= 4 is 23.4 Å². The molecule has 0 radical (unpaired) electrons. The summed E-state index contributed by atoms with van der Waals surface area (Å²) in [5.74, 6) is -0.455. The van der Waals surface area contributed by atoms with Crippen LogP contribution in [-0.2, 0) is 9.53 Å². The summed E-state index contributed by atoms with van der Waals surface area (Å²) in [4.78, 5) is 35.6. The Hall–Kier alpha value is -3.32. The van der Waals surface area contributed by atoms with Crippen LogP contribution in [0.5, 0.6) is 0 Å². The topological polar surface area (TPSA) is 73.6 Å². The summed E-state index contributed by atoms with van der Waals surface area (Å²) >= 11 is 1.29. The Morgan fingerprint density at radius 3 is 2.63 bits per heavy atom. The van der Waals surface area contributed by atoms with E-state index in [1.807, 2.05) is 49.4 Å². The second-order valence-electron chi connectivity index (χ2n) is 6.97. The number of pyridine rings is 1. The molecule has 0 saturated carbocycles. The summed E-state index contributed by atoms with van der Waals surface area (Å²) in [5.41, 5.74) is 3.37. The molecule has 0 N–H and O–H groups in total. The van der Waals surface area contributed by atoms with Gasteiger partial charge in [-0.1, -0.05) is 47.2 Å². The number of esters is 1. The van der Waals surface area contributed by atoms with Crippen LogP contribution < -0.4 is 14.9 Å². The van der Waals surface area contributed by atoms with Crippen molar-refractivity contribution in [2.45, 2.75) is 26.8 Å². The quantitative estimate of drug-likeness (QED) is 0.609. The fourth-order valence-electron chi connectivity index (χ4n) is 3.45. The van der Waals surface area contributed by atoms with E-state index in [2.05, 4.69) is 9.98 Å². The molecule has 1 aliphatic heterocycles. The van der Waals surface area contributed by atoms with Crippen molar-refractivity contribution in [2.75, 3.05) is 6.61 Å². The van der Waals surface area contributed by atoms with Gasteiger partial charge in [0, 0.05) is 6.20 Å². The molecule has 1 aromatic carbocycles. The maximum atomic E-state index is 13.4. The molecule has 6 nitrogen and oxygen atoms in total. The number of allylic oxidation sites excluding steroid dienone is 1. The molecule has 30 heavy (non-hydrogen) atoms. The molecule has 152 valence electrons. The van der Waals surface area contributed by atoms with Gasteiger partial charge in [0.25, 0.3) is 5.56 Å². The molecule has 0 fully saturated rings. The Kier molecular flexibility index (Phi) is 5.46. The van der Waals surface area contributed by atoms with E-state index in [1.165, 1.54) is 11.3 Å². The number of benzene rings is 1. The van der Waals surface area contributed by atoms with Crippen LogP contribution in [0.2, 0.25) is 0 Å². The third-order valence-corrected chi connectivity index (χ3v) is 5.86. The molecule has 0 unspecified atom stereocenters. The zero-order valence-corrected chi connectivity index (χ0v) is 17.8. The van der Waals surface area contributed by atoms with Gasteiger partial charge in [-0.05, 0) is 44.5 Å². The number of hydrogen-bond donors (Lipinski definition) is 0. The molecule has 0 aliphatic carbocycles. The third-order valence-electron chi connectivity index (χ3n) is 4.88. The summed E-state index contributed by atoms with van der Waals surface area (Å²) in [6.45, 7) is 5.79. The lowest BCUT2D eigenvalue weighted by atomic mass is 9.95. The van der Waals surface area contributed by atoms with E-state index in [-0.39, 0.29) is 12.2 Å². The zero-order valence-electron chi connectivity index (χ0n) is 17.0. The lowest BCUT2D eigenvalue weighted by Crippen LogP contribution is -2.39. The summed E-state index contributed by atoms with van der Waals surface area (Å²) < 4.78 is 7.40. The van der Waals surface area contributed by atoms with Gasteiger partial charge in [0.05, 0.1) is 34.1 Å². The fourth-order valence-corrected chi connectivity index (χ4v) is 4.48. The van der Waals surface area contributed by atoms with Gasteiger partial charge in [-0.15, -0.1) is 0 Å². The number of fused-ring (bicyclic) bond motifs is 1. The molecular formula is C23H21N3O3S. The first-order valence-electron chi connectivity index (χ1n) is 9.67. The Bertz CT molecular complexity index is 1300. The highest BCUT2D eigenvalue weighted by atomic mass is 32.1. The lowest BCUT2D eigenvalue weighted by molar-refractivity contribution is -0.139. The summed E-state index contributed by atoms with van der Waals surface area (Å²) in [5, 5.41) is 0. The molecule has 4 rings (SSSR count). The number of aromatic nitrogens is 2. The SMILES string of the molecule is CCOC(=O)C1=C(C)N=c2s/c(=C/c3ccccn3)c(=O)n2[C@@H]1c1ccc(C)cc1. The van der Waals surface area contributed by atoms with E-state index >= 15 is 0 Å². The number of hydrogen-bond acceptors (Lipinski definition) is 6. The molecule has 1 aliphatic rings. The van der Waals surface area contributed by atoms with Crippen LogP contribution in [0.4, 0.5) is 0 Å². The van der Waals surface area contributed by atoms with E-state index in [4.69, 9.17) is 4.74 Å². The minimum Gasteiger partial charge on any atom is -0.463 e. The largest absolute Gasteiger partial charge is 0.463 e. The van der Waals surface area contributed by atoms with Crippen LogP contribution in [0.15, 0.2) is 69.7 Å². The van der Waals surface area contributed by atoms with Crippen LogP contribution in [0.3, 0.4) is 0 Å². The standard InChI is InChI=1S/C23H21N3O3S/c1-4-29-22(28)19-15(3)25-23-26(20(19)16-10-8-14(2)9-11-16)21(27)18(30-23)13-17-7-5-6-12-24-17/h5-13,20H,4H2,1-3H3/b18-13+/t20-/m1/s1. The normalized spacial score (nSPS) is 16.2.